The summed E-state index contributed by atoms with van der Waals surface area (Å²) in [6.45, 7) is 12.0. The number of rotatable bonds is 3. The summed E-state index contributed by atoms with van der Waals surface area (Å²) in [5, 5.41) is 3.59. The van der Waals surface area contributed by atoms with Crippen LogP contribution in [0.25, 0.3) is 0 Å². The van der Waals surface area contributed by atoms with Crippen molar-refractivity contribution in [3.05, 3.63) is 11.1 Å². The Hall–Kier alpha value is -0.0500. The highest BCUT2D eigenvalue weighted by atomic mass is 35.5. The zero-order chi connectivity index (χ0) is 11.5. The molecule has 1 saturated heterocycles. The summed E-state index contributed by atoms with van der Waals surface area (Å²) in [4.78, 5) is 2.53. The van der Waals surface area contributed by atoms with Gasteiger partial charge in [-0.25, -0.2) is 0 Å². The average Bonchev–Trinajstić information content (AvgIpc) is 2.17. The summed E-state index contributed by atoms with van der Waals surface area (Å²) < 4.78 is 0. The van der Waals surface area contributed by atoms with Crippen molar-refractivity contribution in [1.82, 2.24) is 10.2 Å². The SMILES string of the molecule is CCC1CNC(C)(C)CN1CC(C)=CCl. The van der Waals surface area contributed by atoms with Crippen molar-refractivity contribution in [3.8, 4) is 0 Å². The van der Waals surface area contributed by atoms with Gasteiger partial charge in [-0.05, 0) is 32.8 Å². The first-order chi connectivity index (χ1) is 6.98. The normalized spacial score (nSPS) is 28.1. The molecule has 88 valence electrons. The van der Waals surface area contributed by atoms with Gasteiger partial charge in [0.25, 0.3) is 0 Å². The highest BCUT2D eigenvalue weighted by molar-refractivity contribution is 6.25. The molecule has 15 heavy (non-hydrogen) atoms. The van der Waals surface area contributed by atoms with Crippen LogP contribution in [0.4, 0.5) is 0 Å². The minimum Gasteiger partial charge on any atom is -0.309 e. The fraction of sp³-hybridized carbons (Fsp3) is 0.833. The van der Waals surface area contributed by atoms with Crippen molar-refractivity contribution in [1.29, 1.82) is 0 Å². The molecule has 0 radical (unpaired) electrons. The van der Waals surface area contributed by atoms with Gasteiger partial charge in [0.15, 0.2) is 0 Å². The Labute approximate surface area is 98.7 Å². The van der Waals surface area contributed by atoms with E-state index in [-0.39, 0.29) is 5.54 Å². The van der Waals surface area contributed by atoms with Gasteiger partial charge in [-0.3, -0.25) is 4.90 Å². The lowest BCUT2D eigenvalue weighted by atomic mass is 9.97. The highest BCUT2D eigenvalue weighted by Gasteiger charge is 2.31. The molecule has 1 aliphatic heterocycles. The van der Waals surface area contributed by atoms with Gasteiger partial charge >= 0.3 is 0 Å². The van der Waals surface area contributed by atoms with Gasteiger partial charge in [-0.2, -0.15) is 0 Å². The monoisotopic (exact) mass is 230 g/mol. The van der Waals surface area contributed by atoms with Crippen LogP contribution < -0.4 is 5.32 Å². The van der Waals surface area contributed by atoms with Crippen LogP contribution >= 0.6 is 11.6 Å². The quantitative estimate of drug-likeness (QED) is 0.802. The Balaban J connectivity index is 2.63. The van der Waals surface area contributed by atoms with Crippen LogP contribution in [-0.2, 0) is 0 Å². The zero-order valence-corrected chi connectivity index (χ0v) is 11.1. The van der Waals surface area contributed by atoms with Gasteiger partial charge in [0.1, 0.15) is 0 Å². The number of hydrogen-bond acceptors (Lipinski definition) is 2. The van der Waals surface area contributed by atoms with E-state index >= 15 is 0 Å². The van der Waals surface area contributed by atoms with Crippen molar-refractivity contribution >= 4 is 11.6 Å². The molecule has 1 aliphatic rings. The van der Waals surface area contributed by atoms with Crippen molar-refractivity contribution < 1.29 is 0 Å². The van der Waals surface area contributed by atoms with Gasteiger partial charge in [0.05, 0.1) is 0 Å². The lowest BCUT2D eigenvalue weighted by Crippen LogP contribution is -2.61. The predicted octanol–water partition coefficient (Wildman–Crippen LogP) is 2.59. The van der Waals surface area contributed by atoms with Crippen molar-refractivity contribution in [2.24, 2.45) is 0 Å². The van der Waals surface area contributed by atoms with E-state index in [1.54, 1.807) is 5.54 Å². The third kappa shape index (κ3) is 3.78. The third-order valence-corrected chi connectivity index (χ3v) is 3.41. The molecule has 3 heteroatoms. The number of halogens is 1. The van der Waals surface area contributed by atoms with E-state index in [2.05, 4.69) is 37.9 Å². The number of hydrogen-bond donors (Lipinski definition) is 1. The van der Waals surface area contributed by atoms with E-state index in [1.807, 2.05) is 0 Å². The second kappa shape index (κ2) is 5.33. The molecule has 0 aromatic rings. The molecule has 0 aliphatic carbocycles. The fourth-order valence-electron chi connectivity index (χ4n) is 2.16. The summed E-state index contributed by atoms with van der Waals surface area (Å²) in [6.07, 6.45) is 1.19. The molecular formula is C12H23ClN2. The van der Waals surface area contributed by atoms with Crippen LogP contribution in [0.1, 0.15) is 34.1 Å². The number of piperazine rings is 1. The van der Waals surface area contributed by atoms with E-state index in [0.717, 1.165) is 19.6 Å². The molecule has 0 amide bonds. The zero-order valence-electron chi connectivity index (χ0n) is 10.3. The smallest absolute Gasteiger partial charge is 0.0253 e. The number of nitrogens with zero attached hydrogens (tertiary/aromatic N) is 1. The van der Waals surface area contributed by atoms with Crippen LogP contribution in [-0.4, -0.2) is 36.1 Å². The van der Waals surface area contributed by atoms with Crippen LogP contribution in [0, 0.1) is 0 Å². The Bertz CT molecular complexity index is 236. The van der Waals surface area contributed by atoms with Gasteiger partial charge in [0, 0.05) is 36.8 Å². The largest absolute Gasteiger partial charge is 0.309 e. The molecule has 2 nitrogen and oxygen atoms in total. The fourth-order valence-corrected chi connectivity index (χ4v) is 2.23. The van der Waals surface area contributed by atoms with Crippen molar-refractivity contribution in [2.45, 2.75) is 45.7 Å². The van der Waals surface area contributed by atoms with Crippen LogP contribution in [0.15, 0.2) is 11.1 Å². The number of nitrogens with one attached hydrogen (secondary N) is 1. The van der Waals surface area contributed by atoms with E-state index in [4.69, 9.17) is 11.6 Å². The van der Waals surface area contributed by atoms with Gasteiger partial charge in [0.2, 0.25) is 0 Å². The molecule has 0 bridgehead atoms. The summed E-state index contributed by atoms with van der Waals surface area (Å²) in [7, 11) is 0. The molecular weight excluding hydrogens is 208 g/mol. The second-order valence-corrected chi connectivity index (χ2v) is 5.41. The molecule has 0 aromatic heterocycles. The minimum absolute atomic E-state index is 0.220. The standard InChI is InChI=1S/C12H23ClN2/c1-5-11-7-14-12(3,4)9-15(11)8-10(2)6-13/h6,11,14H,5,7-9H2,1-4H3. The van der Waals surface area contributed by atoms with Crippen LogP contribution in [0.3, 0.4) is 0 Å². The summed E-state index contributed by atoms with van der Waals surface area (Å²) in [5.74, 6) is 0. The Morgan fingerprint density at radius 1 is 1.60 bits per heavy atom. The lowest BCUT2D eigenvalue weighted by molar-refractivity contribution is 0.102. The molecule has 0 spiro atoms. The Morgan fingerprint density at radius 2 is 2.27 bits per heavy atom. The highest BCUT2D eigenvalue weighted by Crippen LogP contribution is 2.18. The van der Waals surface area contributed by atoms with Crippen molar-refractivity contribution in [3.63, 3.8) is 0 Å². The van der Waals surface area contributed by atoms with Gasteiger partial charge in [-0.15, -0.1) is 0 Å². The first-order valence-electron chi connectivity index (χ1n) is 5.73. The maximum absolute atomic E-state index is 5.73. The second-order valence-electron chi connectivity index (χ2n) is 5.19. The van der Waals surface area contributed by atoms with Crippen LogP contribution in [0.2, 0.25) is 0 Å². The summed E-state index contributed by atoms with van der Waals surface area (Å²) >= 11 is 5.73. The molecule has 1 N–H and O–H groups in total. The molecule has 1 fully saturated rings. The Morgan fingerprint density at radius 3 is 2.80 bits per heavy atom. The summed E-state index contributed by atoms with van der Waals surface area (Å²) in [5.41, 5.74) is 3.16. The maximum Gasteiger partial charge on any atom is 0.0253 e. The molecule has 1 heterocycles. The molecule has 0 saturated carbocycles. The first-order valence-corrected chi connectivity index (χ1v) is 6.17. The molecule has 0 aromatic carbocycles. The first kappa shape index (κ1) is 13.0. The van der Waals surface area contributed by atoms with Crippen molar-refractivity contribution in [2.75, 3.05) is 19.6 Å². The maximum atomic E-state index is 5.73. The van der Waals surface area contributed by atoms with E-state index < -0.39 is 0 Å². The summed E-state index contributed by atoms with van der Waals surface area (Å²) in [6, 6.07) is 0.643. The van der Waals surface area contributed by atoms with Crippen LogP contribution in [0.5, 0.6) is 0 Å². The third-order valence-electron chi connectivity index (χ3n) is 3.04. The topological polar surface area (TPSA) is 15.3 Å². The Kier molecular flexibility index (Phi) is 4.63. The lowest BCUT2D eigenvalue weighted by Gasteiger charge is -2.44. The molecule has 1 atom stereocenters. The van der Waals surface area contributed by atoms with E-state index in [0.29, 0.717) is 6.04 Å². The van der Waals surface area contributed by atoms with E-state index in [1.165, 1.54) is 12.0 Å². The minimum atomic E-state index is 0.220. The van der Waals surface area contributed by atoms with E-state index in [9.17, 15) is 0 Å². The van der Waals surface area contributed by atoms with Gasteiger partial charge < -0.3 is 5.32 Å². The predicted molar refractivity (Wildman–Crippen MR) is 67.3 cm³/mol. The molecule has 1 unspecified atom stereocenters. The van der Waals surface area contributed by atoms with Gasteiger partial charge in [-0.1, -0.05) is 18.5 Å². The molecule has 1 rings (SSSR count). The average molecular weight is 231 g/mol.